The highest BCUT2D eigenvalue weighted by Crippen LogP contribution is 2.29. The van der Waals surface area contributed by atoms with Crippen molar-refractivity contribution >= 4 is 11.6 Å². The number of anilines is 2. The van der Waals surface area contributed by atoms with Crippen molar-refractivity contribution in [2.45, 2.75) is 26.1 Å². The van der Waals surface area contributed by atoms with Gasteiger partial charge in [0.25, 0.3) is 0 Å². The Hall–Kier alpha value is -1.57. The standard InChI is InChI=1S/C11H17F3N4O/c1-7(2)18(4-5-19-3)9-6-8(15)16-10(17-9)11(12,13)14/h6-7H,4-5H2,1-3H3,(H2,15,16,17). The number of nitrogens with two attached hydrogens (primary N) is 1. The molecule has 0 saturated heterocycles. The van der Waals surface area contributed by atoms with E-state index in [2.05, 4.69) is 9.97 Å². The Morgan fingerprint density at radius 1 is 1.37 bits per heavy atom. The molecule has 108 valence electrons. The van der Waals surface area contributed by atoms with Gasteiger partial charge in [-0.3, -0.25) is 0 Å². The van der Waals surface area contributed by atoms with E-state index < -0.39 is 12.0 Å². The van der Waals surface area contributed by atoms with Gasteiger partial charge in [0, 0.05) is 25.8 Å². The van der Waals surface area contributed by atoms with Gasteiger partial charge in [-0.25, -0.2) is 9.97 Å². The molecule has 0 bridgehead atoms. The molecular formula is C11H17F3N4O. The molecule has 0 spiro atoms. The summed E-state index contributed by atoms with van der Waals surface area (Å²) >= 11 is 0. The number of ether oxygens (including phenoxy) is 1. The molecule has 0 radical (unpaired) electrons. The topological polar surface area (TPSA) is 64.3 Å². The lowest BCUT2D eigenvalue weighted by atomic mass is 10.3. The van der Waals surface area contributed by atoms with Crippen molar-refractivity contribution in [2.24, 2.45) is 0 Å². The number of aromatic nitrogens is 2. The number of rotatable bonds is 5. The largest absolute Gasteiger partial charge is 0.451 e. The van der Waals surface area contributed by atoms with Crippen LogP contribution in [0.15, 0.2) is 6.07 Å². The Morgan fingerprint density at radius 3 is 2.47 bits per heavy atom. The van der Waals surface area contributed by atoms with Gasteiger partial charge in [-0.2, -0.15) is 13.2 Å². The van der Waals surface area contributed by atoms with E-state index in [-0.39, 0.29) is 17.7 Å². The third-order valence-electron chi connectivity index (χ3n) is 2.44. The van der Waals surface area contributed by atoms with Crippen molar-refractivity contribution in [3.8, 4) is 0 Å². The monoisotopic (exact) mass is 278 g/mol. The molecule has 19 heavy (non-hydrogen) atoms. The summed E-state index contributed by atoms with van der Waals surface area (Å²) in [7, 11) is 1.52. The second-order valence-corrected chi connectivity index (χ2v) is 4.25. The molecule has 0 unspecified atom stereocenters. The van der Waals surface area contributed by atoms with Crippen molar-refractivity contribution < 1.29 is 17.9 Å². The molecule has 0 fully saturated rings. The maximum Gasteiger partial charge on any atom is 0.451 e. The summed E-state index contributed by atoms with van der Waals surface area (Å²) in [4.78, 5) is 8.42. The zero-order chi connectivity index (χ0) is 14.6. The molecule has 0 saturated carbocycles. The Balaban J connectivity index is 3.12. The average Bonchev–Trinajstić information content (AvgIpc) is 2.27. The van der Waals surface area contributed by atoms with E-state index in [1.165, 1.54) is 13.2 Å². The zero-order valence-electron chi connectivity index (χ0n) is 11.0. The van der Waals surface area contributed by atoms with E-state index in [0.29, 0.717) is 13.2 Å². The number of nitrogen functional groups attached to an aromatic ring is 1. The highest BCUT2D eigenvalue weighted by Gasteiger charge is 2.35. The van der Waals surface area contributed by atoms with Gasteiger partial charge >= 0.3 is 6.18 Å². The molecule has 0 atom stereocenters. The van der Waals surface area contributed by atoms with E-state index in [0.717, 1.165) is 0 Å². The first-order chi connectivity index (χ1) is 8.75. The van der Waals surface area contributed by atoms with Gasteiger partial charge in [0.15, 0.2) is 0 Å². The molecule has 0 aromatic carbocycles. The first-order valence-corrected chi connectivity index (χ1v) is 5.73. The van der Waals surface area contributed by atoms with Crippen LogP contribution in [0, 0.1) is 0 Å². The summed E-state index contributed by atoms with van der Waals surface area (Å²) < 4.78 is 42.9. The van der Waals surface area contributed by atoms with Crippen LogP contribution >= 0.6 is 0 Å². The summed E-state index contributed by atoms with van der Waals surface area (Å²) in [5.41, 5.74) is 5.41. The quantitative estimate of drug-likeness (QED) is 0.891. The van der Waals surface area contributed by atoms with Crippen LogP contribution in [0.1, 0.15) is 19.7 Å². The van der Waals surface area contributed by atoms with Crippen LogP contribution in [0.2, 0.25) is 0 Å². The second kappa shape index (κ2) is 6.05. The zero-order valence-corrected chi connectivity index (χ0v) is 11.0. The molecule has 5 nitrogen and oxygen atoms in total. The predicted molar refractivity (Wildman–Crippen MR) is 65.8 cm³/mol. The molecule has 2 N–H and O–H groups in total. The van der Waals surface area contributed by atoms with Crippen molar-refractivity contribution in [3.63, 3.8) is 0 Å². The van der Waals surface area contributed by atoms with E-state index in [4.69, 9.17) is 10.5 Å². The minimum atomic E-state index is -4.62. The minimum Gasteiger partial charge on any atom is -0.384 e. The lowest BCUT2D eigenvalue weighted by Gasteiger charge is -2.28. The smallest absolute Gasteiger partial charge is 0.384 e. The van der Waals surface area contributed by atoms with Crippen molar-refractivity contribution in [1.82, 2.24) is 9.97 Å². The Morgan fingerprint density at radius 2 is 2.00 bits per heavy atom. The molecule has 0 amide bonds. The lowest BCUT2D eigenvalue weighted by molar-refractivity contribution is -0.144. The minimum absolute atomic E-state index is 0.0365. The predicted octanol–water partition coefficient (Wildman–Crippen LogP) is 1.94. The first kappa shape index (κ1) is 15.5. The van der Waals surface area contributed by atoms with Crippen LogP contribution in [-0.2, 0) is 10.9 Å². The molecule has 1 rings (SSSR count). The van der Waals surface area contributed by atoms with Crippen molar-refractivity contribution in [1.29, 1.82) is 0 Å². The Kier molecular flexibility index (Phi) is 4.93. The number of hydrogen-bond donors (Lipinski definition) is 1. The highest BCUT2D eigenvalue weighted by molar-refractivity contribution is 5.47. The summed E-state index contributed by atoms with van der Waals surface area (Å²) in [6, 6.07) is 1.29. The molecule has 0 aliphatic heterocycles. The fourth-order valence-electron chi connectivity index (χ4n) is 1.55. The van der Waals surface area contributed by atoms with Crippen LogP contribution in [0.4, 0.5) is 24.8 Å². The molecule has 1 aromatic heterocycles. The van der Waals surface area contributed by atoms with Crippen LogP contribution in [0.3, 0.4) is 0 Å². The molecular weight excluding hydrogens is 261 g/mol. The van der Waals surface area contributed by atoms with Gasteiger partial charge in [0.2, 0.25) is 5.82 Å². The van der Waals surface area contributed by atoms with Crippen LogP contribution < -0.4 is 10.6 Å². The number of hydrogen-bond acceptors (Lipinski definition) is 5. The van der Waals surface area contributed by atoms with Crippen LogP contribution in [0.5, 0.6) is 0 Å². The summed E-state index contributed by atoms with van der Waals surface area (Å²) in [6.07, 6.45) is -4.62. The maximum absolute atomic E-state index is 12.6. The molecule has 1 aromatic rings. The SMILES string of the molecule is COCCN(c1cc(N)nc(C(F)(F)F)n1)C(C)C. The van der Waals surface area contributed by atoms with E-state index in [1.54, 1.807) is 4.90 Å². The third kappa shape index (κ3) is 4.23. The van der Waals surface area contributed by atoms with Gasteiger partial charge in [0.1, 0.15) is 11.6 Å². The summed E-state index contributed by atoms with van der Waals surface area (Å²) in [5, 5.41) is 0. The molecule has 8 heteroatoms. The van der Waals surface area contributed by atoms with Crippen LogP contribution in [-0.4, -0.2) is 36.3 Å². The van der Waals surface area contributed by atoms with Gasteiger partial charge in [-0.1, -0.05) is 0 Å². The number of alkyl halides is 3. The Bertz CT molecular complexity index is 423. The second-order valence-electron chi connectivity index (χ2n) is 4.25. The lowest BCUT2D eigenvalue weighted by Crippen LogP contribution is -2.35. The molecule has 0 aliphatic carbocycles. The fourth-order valence-corrected chi connectivity index (χ4v) is 1.55. The number of halogens is 3. The van der Waals surface area contributed by atoms with Gasteiger partial charge in [0.05, 0.1) is 6.61 Å². The third-order valence-corrected chi connectivity index (χ3v) is 2.44. The van der Waals surface area contributed by atoms with E-state index in [1.807, 2.05) is 13.8 Å². The fraction of sp³-hybridized carbons (Fsp3) is 0.636. The van der Waals surface area contributed by atoms with Gasteiger partial charge in [-0.05, 0) is 13.8 Å². The highest BCUT2D eigenvalue weighted by atomic mass is 19.4. The summed E-state index contributed by atoms with van der Waals surface area (Å²) in [5.74, 6) is -1.29. The molecule has 1 heterocycles. The van der Waals surface area contributed by atoms with Crippen LogP contribution in [0.25, 0.3) is 0 Å². The number of methoxy groups -OCH3 is 1. The summed E-state index contributed by atoms with van der Waals surface area (Å²) in [6.45, 7) is 4.49. The van der Waals surface area contributed by atoms with Crippen molar-refractivity contribution in [3.05, 3.63) is 11.9 Å². The van der Waals surface area contributed by atoms with E-state index >= 15 is 0 Å². The number of nitrogens with zero attached hydrogens (tertiary/aromatic N) is 3. The van der Waals surface area contributed by atoms with Gasteiger partial charge in [-0.15, -0.1) is 0 Å². The molecule has 0 aliphatic rings. The average molecular weight is 278 g/mol. The first-order valence-electron chi connectivity index (χ1n) is 5.73. The van der Waals surface area contributed by atoms with Crippen molar-refractivity contribution in [2.75, 3.05) is 30.9 Å². The Labute approximate surface area is 109 Å². The maximum atomic E-state index is 12.6. The van der Waals surface area contributed by atoms with E-state index in [9.17, 15) is 13.2 Å². The van der Waals surface area contributed by atoms with Gasteiger partial charge < -0.3 is 15.4 Å². The normalized spacial score (nSPS) is 11.9.